The van der Waals surface area contributed by atoms with Crippen LogP contribution in [0.25, 0.3) is 10.9 Å². The number of nitrogens with two attached hydrogens (primary N) is 1. The maximum Gasteiger partial charge on any atom is 0.220 e. The minimum atomic E-state index is 0.314. The van der Waals surface area contributed by atoms with Crippen LogP contribution in [0.2, 0.25) is 0 Å². The second kappa shape index (κ2) is 4.42. The summed E-state index contributed by atoms with van der Waals surface area (Å²) in [6.07, 6.45) is 1.09. The Labute approximate surface area is 105 Å². The highest BCUT2D eigenvalue weighted by molar-refractivity contribution is 5.87. The van der Waals surface area contributed by atoms with Crippen molar-refractivity contribution in [3.63, 3.8) is 0 Å². The topological polar surface area (TPSA) is 73.1 Å². The Bertz CT molecular complexity index is 578. The van der Waals surface area contributed by atoms with Crippen LogP contribution in [-0.4, -0.2) is 30.2 Å². The summed E-state index contributed by atoms with van der Waals surface area (Å²) in [5.41, 5.74) is 7.65. The Kier molecular flexibility index (Phi) is 2.76. The van der Waals surface area contributed by atoms with Crippen LogP contribution in [0.5, 0.6) is 5.75 Å². The van der Waals surface area contributed by atoms with Crippen molar-refractivity contribution < 1.29 is 4.74 Å². The SMILES string of the molecule is COc1cccc2c(C3CCNC3)nc(N)nc12. The largest absolute Gasteiger partial charge is 0.494 e. The molecule has 1 aromatic carbocycles. The van der Waals surface area contributed by atoms with Crippen molar-refractivity contribution >= 4 is 16.9 Å². The molecule has 0 bridgehead atoms. The van der Waals surface area contributed by atoms with Crippen molar-refractivity contribution in [1.29, 1.82) is 0 Å². The summed E-state index contributed by atoms with van der Waals surface area (Å²) in [5.74, 6) is 1.47. The first-order valence-electron chi connectivity index (χ1n) is 6.10. The standard InChI is InChI=1S/C13H16N4O/c1-18-10-4-2-3-9-11(8-5-6-15-7-8)16-13(14)17-12(9)10/h2-4,8,15H,5-7H2,1H3,(H2,14,16,17). The molecule has 0 amide bonds. The first-order valence-corrected chi connectivity index (χ1v) is 6.10. The maximum absolute atomic E-state index is 5.82. The van der Waals surface area contributed by atoms with Gasteiger partial charge in [0.15, 0.2) is 0 Å². The van der Waals surface area contributed by atoms with Gasteiger partial charge in [-0.2, -0.15) is 0 Å². The third-order valence-corrected chi connectivity index (χ3v) is 3.40. The van der Waals surface area contributed by atoms with Gasteiger partial charge in [0.2, 0.25) is 5.95 Å². The zero-order valence-corrected chi connectivity index (χ0v) is 10.3. The number of hydrogen-bond donors (Lipinski definition) is 2. The summed E-state index contributed by atoms with van der Waals surface area (Å²) in [7, 11) is 1.64. The molecule has 5 heteroatoms. The Balaban J connectivity index is 2.24. The highest BCUT2D eigenvalue weighted by Crippen LogP contribution is 2.31. The average molecular weight is 244 g/mol. The fraction of sp³-hybridized carbons (Fsp3) is 0.385. The predicted octanol–water partition coefficient (Wildman–Crippen LogP) is 1.30. The van der Waals surface area contributed by atoms with E-state index in [-0.39, 0.29) is 0 Å². The number of anilines is 1. The number of hydrogen-bond acceptors (Lipinski definition) is 5. The highest BCUT2D eigenvalue weighted by atomic mass is 16.5. The van der Waals surface area contributed by atoms with Crippen LogP contribution in [0.3, 0.4) is 0 Å². The molecule has 1 atom stereocenters. The quantitative estimate of drug-likeness (QED) is 0.833. The fourth-order valence-electron chi connectivity index (χ4n) is 2.53. The molecule has 2 aromatic rings. The van der Waals surface area contributed by atoms with Crippen molar-refractivity contribution in [3.8, 4) is 5.75 Å². The van der Waals surface area contributed by atoms with Crippen LogP contribution >= 0.6 is 0 Å². The Morgan fingerprint density at radius 3 is 3.00 bits per heavy atom. The molecule has 1 unspecified atom stereocenters. The second-order valence-electron chi connectivity index (χ2n) is 4.51. The fourth-order valence-corrected chi connectivity index (χ4v) is 2.53. The summed E-state index contributed by atoms with van der Waals surface area (Å²) in [6, 6.07) is 5.89. The lowest BCUT2D eigenvalue weighted by molar-refractivity contribution is 0.419. The number of methoxy groups -OCH3 is 1. The lowest BCUT2D eigenvalue weighted by Crippen LogP contribution is -2.11. The smallest absolute Gasteiger partial charge is 0.220 e. The molecule has 2 heterocycles. The van der Waals surface area contributed by atoms with Crippen LogP contribution in [0.4, 0.5) is 5.95 Å². The minimum Gasteiger partial charge on any atom is -0.494 e. The van der Waals surface area contributed by atoms with Crippen LogP contribution in [-0.2, 0) is 0 Å². The van der Waals surface area contributed by atoms with Crippen molar-refractivity contribution in [2.24, 2.45) is 0 Å². The van der Waals surface area contributed by atoms with Crippen molar-refractivity contribution in [2.45, 2.75) is 12.3 Å². The number of para-hydroxylation sites is 1. The van der Waals surface area contributed by atoms with E-state index < -0.39 is 0 Å². The van der Waals surface area contributed by atoms with Gasteiger partial charge in [-0.25, -0.2) is 9.97 Å². The number of nitrogens with zero attached hydrogens (tertiary/aromatic N) is 2. The molecule has 94 valence electrons. The molecule has 5 nitrogen and oxygen atoms in total. The Morgan fingerprint density at radius 1 is 1.39 bits per heavy atom. The molecule has 1 aromatic heterocycles. The normalized spacial score (nSPS) is 19.3. The average Bonchev–Trinajstić information content (AvgIpc) is 2.90. The molecule has 18 heavy (non-hydrogen) atoms. The van der Waals surface area contributed by atoms with E-state index in [9.17, 15) is 0 Å². The first kappa shape index (κ1) is 11.2. The number of nitrogens with one attached hydrogen (secondary N) is 1. The third kappa shape index (κ3) is 1.76. The number of ether oxygens (including phenoxy) is 1. The number of rotatable bonds is 2. The van der Waals surface area contributed by atoms with E-state index in [0.29, 0.717) is 11.9 Å². The summed E-state index contributed by atoms with van der Waals surface area (Å²) in [4.78, 5) is 8.73. The lowest BCUT2D eigenvalue weighted by atomic mass is 10.00. The Hall–Kier alpha value is -1.88. The molecule has 1 saturated heterocycles. The monoisotopic (exact) mass is 244 g/mol. The van der Waals surface area contributed by atoms with E-state index in [0.717, 1.165) is 41.9 Å². The molecular formula is C13H16N4O. The van der Waals surface area contributed by atoms with Crippen LogP contribution < -0.4 is 15.8 Å². The van der Waals surface area contributed by atoms with Crippen molar-refractivity contribution in [3.05, 3.63) is 23.9 Å². The molecular weight excluding hydrogens is 228 g/mol. The highest BCUT2D eigenvalue weighted by Gasteiger charge is 2.22. The molecule has 3 rings (SSSR count). The van der Waals surface area contributed by atoms with Gasteiger partial charge in [-0.05, 0) is 19.0 Å². The van der Waals surface area contributed by atoms with E-state index in [1.54, 1.807) is 7.11 Å². The van der Waals surface area contributed by atoms with Crippen LogP contribution in [0.15, 0.2) is 18.2 Å². The van der Waals surface area contributed by atoms with Gasteiger partial charge >= 0.3 is 0 Å². The van der Waals surface area contributed by atoms with Crippen LogP contribution in [0.1, 0.15) is 18.0 Å². The van der Waals surface area contributed by atoms with Gasteiger partial charge in [-0.1, -0.05) is 12.1 Å². The molecule has 0 aliphatic carbocycles. The number of aromatic nitrogens is 2. The molecule has 1 fully saturated rings. The zero-order valence-electron chi connectivity index (χ0n) is 10.3. The number of nitrogen functional groups attached to an aromatic ring is 1. The zero-order chi connectivity index (χ0) is 12.5. The van der Waals surface area contributed by atoms with E-state index >= 15 is 0 Å². The van der Waals surface area contributed by atoms with Gasteiger partial charge in [0.25, 0.3) is 0 Å². The van der Waals surface area contributed by atoms with Crippen LogP contribution in [0, 0.1) is 0 Å². The van der Waals surface area contributed by atoms with E-state index in [2.05, 4.69) is 15.3 Å². The first-order chi connectivity index (χ1) is 8.79. The summed E-state index contributed by atoms with van der Waals surface area (Å²) >= 11 is 0. The number of benzene rings is 1. The van der Waals surface area contributed by atoms with Gasteiger partial charge in [-0.15, -0.1) is 0 Å². The minimum absolute atomic E-state index is 0.314. The molecule has 1 aliphatic heterocycles. The number of fused-ring (bicyclic) bond motifs is 1. The third-order valence-electron chi connectivity index (χ3n) is 3.40. The van der Waals surface area contributed by atoms with E-state index in [1.165, 1.54) is 0 Å². The van der Waals surface area contributed by atoms with Crippen molar-refractivity contribution in [1.82, 2.24) is 15.3 Å². The lowest BCUT2D eigenvalue weighted by Gasteiger charge is -2.13. The van der Waals surface area contributed by atoms with Gasteiger partial charge in [-0.3, -0.25) is 0 Å². The molecule has 3 N–H and O–H groups in total. The molecule has 0 radical (unpaired) electrons. The predicted molar refractivity (Wildman–Crippen MR) is 70.7 cm³/mol. The molecule has 0 saturated carbocycles. The van der Waals surface area contributed by atoms with E-state index in [4.69, 9.17) is 10.5 Å². The van der Waals surface area contributed by atoms with Gasteiger partial charge < -0.3 is 15.8 Å². The van der Waals surface area contributed by atoms with E-state index in [1.807, 2.05) is 18.2 Å². The molecule has 0 spiro atoms. The van der Waals surface area contributed by atoms with Gasteiger partial charge in [0.05, 0.1) is 12.8 Å². The maximum atomic E-state index is 5.82. The van der Waals surface area contributed by atoms with Gasteiger partial charge in [0.1, 0.15) is 11.3 Å². The Morgan fingerprint density at radius 2 is 2.28 bits per heavy atom. The summed E-state index contributed by atoms with van der Waals surface area (Å²) in [6.45, 7) is 1.97. The van der Waals surface area contributed by atoms with Crippen molar-refractivity contribution in [2.75, 3.05) is 25.9 Å². The van der Waals surface area contributed by atoms with Gasteiger partial charge in [0, 0.05) is 17.8 Å². The summed E-state index contributed by atoms with van der Waals surface area (Å²) < 4.78 is 5.34. The second-order valence-corrected chi connectivity index (χ2v) is 4.51. The summed E-state index contributed by atoms with van der Waals surface area (Å²) in [5, 5.41) is 4.39. The molecule has 1 aliphatic rings.